The van der Waals surface area contributed by atoms with Crippen molar-refractivity contribution in [2.45, 2.75) is 0 Å². The first-order valence-corrected chi connectivity index (χ1v) is 2.85. The van der Waals surface area contributed by atoms with Crippen LogP contribution in [0.5, 0.6) is 0 Å². The molecule has 0 bridgehead atoms. The second-order valence-electron chi connectivity index (χ2n) is 1.95. The minimum Gasteiger partial charge on any atom is -0.229 e. The number of fused-ring (bicyclic) bond motifs is 1. The van der Waals surface area contributed by atoms with E-state index >= 15 is 0 Å². The van der Waals surface area contributed by atoms with Crippen molar-refractivity contribution in [1.29, 1.82) is 0 Å². The molecule has 0 aliphatic heterocycles. The van der Waals surface area contributed by atoms with E-state index in [0.29, 0.717) is 5.65 Å². The molecule has 2 heterocycles. The molecule has 0 saturated carbocycles. The van der Waals surface area contributed by atoms with Crippen LogP contribution in [0.25, 0.3) is 11.2 Å². The Morgan fingerprint density at radius 1 is 1.40 bits per heavy atom. The highest BCUT2D eigenvalue weighted by molar-refractivity contribution is 5.67. The van der Waals surface area contributed by atoms with Crippen LogP contribution in [-0.2, 0) is 7.05 Å². The molecule has 0 atom stereocenters. The molecule has 0 unspecified atom stereocenters. The summed E-state index contributed by atoms with van der Waals surface area (Å²) in [6.45, 7) is 0. The minimum absolute atomic E-state index is 0.711. The zero-order chi connectivity index (χ0) is 6.97. The first-order valence-electron chi connectivity index (χ1n) is 2.85. The summed E-state index contributed by atoms with van der Waals surface area (Å²) in [5.74, 6) is 0. The smallest absolute Gasteiger partial charge is 0.200 e. The Labute approximate surface area is 56.7 Å². The monoisotopic (exact) mass is 135 g/mol. The molecule has 0 aromatic carbocycles. The second kappa shape index (κ2) is 1.73. The summed E-state index contributed by atoms with van der Waals surface area (Å²) in [6, 6.07) is 1.77. The predicted molar refractivity (Wildman–Crippen MR) is 34.1 cm³/mol. The third-order valence-corrected chi connectivity index (χ3v) is 1.27. The number of nitrogens with zero attached hydrogens (tertiary/aromatic N) is 5. The number of rotatable bonds is 0. The number of hydrogen-bond donors (Lipinski definition) is 0. The van der Waals surface area contributed by atoms with Gasteiger partial charge in [0.05, 0.1) is 6.20 Å². The summed E-state index contributed by atoms with van der Waals surface area (Å²) in [4.78, 5) is 0. The zero-order valence-electron chi connectivity index (χ0n) is 5.39. The van der Waals surface area contributed by atoms with Crippen molar-refractivity contribution in [3.05, 3.63) is 12.3 Å². The fraction of sp³-hybridized carbons (Fsp3) is 0.200. The van der Waals surface area contributed by atoms with Crippen LogP contribution in [0.3, 0.4) is 0 Å². The highest BCUT2D eigenvalue weighted by Gasteiger charge is 1.98. The van der Waals surface area contributed by atoms with Crippen LogP contribution in [0.1, 0.15) is 0 Å². The highest BCUT2D eigenvalue weighted by atomic mass is 15.4. The number of hydrogen-bond acceptors (Lipinski definition) is 4. The van der Waals surface area contributed by atoms with Gasteiger partial charge in [-0.3, -0.25) is 0 Å². The lowest BCUT2D eigenvalue weighted by Crippen LogP contribution is -1.92. The van der Waals surface area contributed by atoms with E-state index in [1.54, 1.807) is 24.0 Å². The van der Waals surface area contributed by atoms with Gasteiger partial charge in [-0.25, -0.2) is 4.68 Å². The Morgan fingerprint density at radius 2 is 2.30 bits per heavy atom. The van der Waals surface area contributed by atoms with Gasteiger partial charge < -0.3 is 0 Å². The lowest BCUT2D eigenvalue weighted by Gasteiger charge is -1.85. The molecule has 2 aromatic heterocycles. The maximum absolute atomic E-state index is 3.83. The Balaban J connectivity index is 2.93. The van der Waals surface area contributed by atoms with Crippen molar-refractivity contribution in [3.63, 3.8) is 0 Å². The van der Waals surface area contributed by atoms with Crippen LogP contribution in [0.2, 0.25) is 0 Å². The van der Waals surface area contributed by atoms with Crippen LogP contribution in [0, 0.1) is 0 Å². The average Bonchev–Trinajstić information content (AvgIpc) is 2.34. The third kappa shape index (κ3) is 0.570. The van der Waals surface area contributed by atoms with Gasteiger partial charge in [-0.1, -0.05) is 5.21 Å². The van der Waals surface area contributed by atoms with Crippen molar-refractivity contribution in [2.75, 3.05) is 0 Å². The van der Waals surface area contributed by atoms with E-state index in [-0.39, 0.29) is 0 Å². The lowest BCUT2D eigenvalue weighted by molar-refractivity contribution is 0.725. The maximum atomic E-state index is 3.83. The lowest BCUT2D eigenvalue weighted by atomic mass is 10.5. The molecule has 0 fully saturated rings. The molecular weight excluding hydrogens is 130 g/mol. The molecule has 5 heteroatoms. The van der Waals surface area contributed by atoms with E-state index in [4.69, 9.17) is 0 Å². The van der Waals surface area contributed by atoms with Crippen molar-refractivity contribution < 1.29 is 0 Å². The fourth-order valence-corrected chi connectivity index (χ4v) is 0.784. The SMILES string of the molecule is Cn1nnc2ccnnc21. The van der Waals surface area contributed by atoms with Gasteiger partial charge in [0.15, 0.2) is 5.65 Å². The van der Waals surface area contributed by atoms with E-state index in [1.807, 2.05) is 0 Å². The molecule has 0 saturated heterocycles. The Bertz CT molecular complexity index is 352. The van der Waals surface area contributed by atoms with Crippen LogP contribution in [0.15, 0.2) is 12.3 Å². The summed E-state index contributed by atoms with van der Waals surface area (Å²) in [6.07, 6.45) is 1.59. The Kier molecular flexibility index (Phi) is 0.913. The quantitative estimate of drug-likeness (QED) is 0.500. The average molecular weight is 135 g/mol. The molecule has 0 N–H and O–H groups in total. The molecule has 0 amide bonds. The first-order chi connectivity index (χ1) is 4.88. The van der Waals surface area contributed by atoms with Gasteiger partial charge in [0.1, 0.15) is 5.52 Å². The topological polar surface area (TPSA) is 56.5 Å². The molecule has 2 rings (SSSR count). The number of aryl methyl sites for hydroxylation is 1. The highest BCUT2D eigenvalue weighted by Crippen LogP contribution is 2.01. The fourth-order valence-electron chi connectivity index (χ4n) is 0.784. The molecule has 2 aromatic rings. The molecule has 0 radical (unpaired) electrons. The van der Waals surface area contributed by atoms with Crippen molar-refractivity contribution in [3.8, 4) is 0 Å². The van der Waals surface area contributed by atoms with Crippen LogP contribution in [-0.4, -0.2) is 25.2 Å². The molecular formula is C5H5N5. The molecule has 5 nitrogen and oxygen atoms in total. The van der Waals surface area contributed by atoms with Crippen LogP contribution < -0.4 is 0 Å². The van der Waals surface area contributed by atoms with Gasteiger partial charge in [-0.2, -0.15) is 5.10 Å². The second-order valence-corrected chi connectivity index (χ2v) is 1.95. The van der Waals surface area contributed by atoms with E-state index in [1.165, 1.54) is 0 Å². The van der Waals surface area contributed by atoms with Gasteiger partial charge in [0, 0.05) is 7.05 Å². The summed E-state index contributed by atoms with van der Waals surface area (Å²) in [5.41, 5.74) is 1.49. The van der Waals surface area contributed by atoms with E-state index < -0.39 is 0 Å². The predicted octanol–water partition coefficient (Wildman–Crippen LogP) is -0.242. The minimum atomic E-state index is 0.711. The van der Waals surface area contributed by atoms with Gasteiger partial charge in [0.25, 0.3) is 0 Å². The summed E-state index contributed by atoms with van der Waals surface area (Å²) >= 11 is 0. The van der Waals surface area contributed by atoms with Crippen LogP contribution in [0.4, 0.5) is 0 Å². The normalized spacial score (nSPS) is 10.5. The molecule has 0 aliphatic rings. The van der Waals surface area contributed by atoms with E-state index in [0.717, 1.165) is 5.52 Å². The van der Waals surface area contributed by atoms with Crippen molar-refractivity contribution in [2.24, 2.45) is 7.05 Å². The standard InChI is InChI=1S/C5H5N5/c1-10-5-4(7-9-10)2-3-6-8-5/h2-3H,1H3. The Morgan fingerprint density at radius 3 is 3.10 bits per heavy atom. The molecule has 0 aliphatic carbocycles. The summed E-state index contributed by atoms with van der Waals surface area (Å²) < 4.78 is 1.59. The first kappa shape index (κ1) is 5.28. The van der Waals surface area contributed by atoms with E-state index in [2.05, 4.69) is 20.5 Å². The van der Waals surface area contributed by atoms with Gasteiger partial charge in [-0.15, -0.1) is 10.2 Å². The maximum Gasteiger partial charge on any atom is 0.200 e. The van der Waals surface area contributed by atoms with Gasteiger partial charge >= 0.3 is 0 Å². The number of aromatic nitrogens is 5. The molecule has 50 valence electrons. The van der Waals surface area contributed by atoms with E-state index in [9.17, 15) is 0 Å². The van der Waals surface area contributed by atoms with Crippen molar-refractivity contribution in [1.82, 2.24) is 25.2 Å². The van der Waals surface area contributed by atoms with Crippen LogP contribution >= 0.6 is 0 Å². The molecule has 0 spiro atoms. The van der Waals surface area contributed by atoms with Gasteiger partial charge in [-0.05, 0) is 6.07 Å². The largest absolute Gasteiger partial charge is 0.229 e. The summed E-state index contributed by atoms with van der Waals surface area (Å²) in [7, 11) is 1.78. The summed E-state index contributed by atoms with van der Waals surface area (Å²) in [5, 5.41) is 15.1. The third-order valence-electron chi connectivity index (χ3n) is 1.27. The zero-order valence-corrected chi connectivity index (χ0v) is 5.39. The Hall–Kier alpha value is -1.52. The van der Waals surface area contributed by atoms with Gasteiger partial charge in [0.2, 0.25) is 0 Å². The molecule has 10 heavy (non-hydrogen) atoms. The van der Waals surface area contributed by atoms with Crippen molar-refractivity contribution >= 4 is 11.2 Å².